The number of nitrogens with zero attached hydrogens (tertiary/aromatic N) is 4. The maximum absolute atomic E-state index is 13.1. The molecule has 0 saturated carbocycles. The van der Waals surface area contributed by atoms with Crippen molar-refractivity contribution in [2.24, 2.45) is 5.92 Å². The number of carbonyl (C=O) groups is 4. The van der Waals surface area contributed by atoms with Crippen LogP contribution in [0.1, 0.15) is 45.2 Å². The lowest BCUT2D eigenvalue weighted by molar-refractivity contribution is -0.469. The number of rotatable bonds is 10. The molecule has 0 spiro atoms. The second kappa shape index (κ2) is 24.2. The first kappa shape index (κ1) is 52.3. The van der Waals surface area contributed by atoms with Gasteiger partial charge in [0.15, 0.2) is 6.54 Å². The highest BCUT2D eigenvalue weighted by Crippen LogP contribution is 2.46. The van der Waals surface area contributed by atoms with Gasteiger partial charge in [0.05, 0.1) is 27.3 Å². The van der Waals surface area contributed by atoms with Crippen LogP contribution in [0, 0.1) is 18.3 Å². The summed E-state index contributed by atoms with van der Waals surface area (Å²) in [5.41, 5.74) is 11.6. The van der Waals surface area contributed by atoms with Crippen LogP contribution in [0.4, 0.5) is 9.59 Å². The number of hydroxylamine groups is 3. The van der Waals surface area contributed by atoms with E-state index in [-0.39, 0.29) is 55.2 Å². The van der Waals surface area contributed by atoms with Crippen LogP contribution in [0.3, 0.4) is 0 Å². The van der Waals surface area contributed by atoms with E-state index in [0.717, 1.165) is 24.5 Å². The van der Waals surface area contributed by atoms with E-state index in [4.69, 9.17) is 19.0 Å². The quantitative estimate of drug-likeness (QED) is 0.0189. The van der Waals surface area contributed by atoms with Crippen molar-refractivity contribution in [2.75, 3.05) is 53.6 Å². The number of hydrogen-bond acceptors (Lipinski definition) is 11. The molecule has 6 aromatic rings. The van der Waals surface area contributed by atoms with Gasteiger partial charge in [0.1, 0.15) is 25.4 Å². The normalized spacial score (nSPS) is 18.2. The van der Waals surface area contributed by atoms with Crippen molar-refractivity contribution < 1.29 is 47.7 Å². The smallest absolute Gasteiger partial charge is 0.410 e. The highest BCUT2D eigenvalue weighted by molar-refractivity contribution is 14.1. The van der Waals surface area contributed by atoms with E-state index in [1.807, 2.05) is 97.1 Å². The Kier molecular flexibility index (Phi) is 17.1. The van der Waals surface area contributed by atoms with E-state index in [9.17, 15) is 24.4 Å². The molecular weight excluding hydrogens is 1170 g/mol. The monoisotopic (exact) mass is 1220 g/mol. The van der Waals surface area contributed by atoms with Gasteiger partial charge in [0.25, 0.3) is 6.21 Å². The van der Waals surface area contributed by atoms with Crippen LogP contribution in [0.15, 0.2) is 158 Å². The number of likely N-dealkylation sites (tertiary alicyclic amines) is 1. The lowest BCUT2D eigenvalue weighted by Gasteiger charge is -2.26. The molecule has 0 bridgehead atoms. The maximum atomic E-state index is 13.1. The van der Waals surface area contributed by atoms with Gasteiger partial charge in [-0.15, -0.1) is 0 Å². The van der Waals surface area contributed by atoms with Gasteiger partial charge in [-0.2, -0.15) is 5.06 Å². The molecule has 3 heterocycles. The minimum Gasteiger partial charge on any atom is -0.623 e. The van der Waals surface area contributed by atoms with Crippen molar-refractivity contribution in [1.29, 1.82) is 0 Å². The topological polar surface area (TPSA) is 150 Å². The molecule has 5 aliphatic rings. The summed E-state index contributed by atoms with van der Waals surface area (Å²) in [6.45, 7) is 3.32. The van der Waals surface area contributed by atoms with Crippen LogP contribution < -0.4 is 0 Å². The van der Waals surface area contributed by atoms with Crippen LogP contribution in [-0.4, -0.2) is 116 Å². The Morgan fingerprint density at radius 1 is 0.608 bits per heavy atom. The van der Waals surface area contributed by atoms with Crippen LogP contribution in [0.5, 0.6) is 0 Å². The third-order valence-electron chi connectivity index (χ3n) is 13.7. The second-order valence-corrected chi connectivity index (χ2v) is 20.7. The summed E-state index contributed by atoms with van der Waals surface area (Å²) in [6.07, 6.45) is 3.97. The van der Waals surface area contributed by atoms with Crippen LogP contribution in [0.25, 0.3) is 22.3 Å². The number of amides is 2. The predicted molar refractivity (Wildman–Crippen MR) is 296 cm³/mol. The zero-order valence-electron chi connectivity index (χ0n) is 40.8. The van der Waals surface area contributed by atoms with E-state index in [1.54, 1.807) is 14.9 Å². The largest absolute Gasteiger partial charge is 0.623 e. The molecule has 380 valence electrons. The molecule has 14 nitrogen and oxygen atoms in total. The zero-order valence-corrected chi connectivity index (χ0v) is 45.1. The van der Waals surface area contributed by atoms with Gasteiger partial charge in [-0.3, -0.25) is 9.63 Å². The average Bonchev–Trinajstić information content (AvgIpc) is 4.27. The number of ether oxygens (including phenoxy) is 4. The number of halogens is 2. The zero-order chi connectivity index (χ0) is 51.7. The Balaban J connectivity index is 0.000000153. The van der Waals surface area contributed by atoms with Crippen molar-refractivity contribution in [3.63, 3.8) is 0 Å². The third kappa shape index (κ3) is 12.0. The molecule has 0 radical (unpaired) electrons. The third-order valence-corrected chi connectivity index (χ3v) is 15.1. The first-order chi connectivity index (χ1) is 36.0. The summed E-state index contributed by atoms with van der Waals surface area (Å²) in [6, 6.07) is 48.3. The molecule has 0 aromatic heterocycles. The summed E-state index contributed by atoms with van der Waals surface area (Å²) in [7, 11) is 2.62. The van der Waals surface area contributed by atoms with E-state index < -0.39 is 12.0 Å². The Morgan fingerprint density at radius 3 is 1.51 bits per heavy atom. The average molecular weight is 1220 g/mol. The molecule has 3 atom stereocenters. The van der Waals surface area contributed by atoms with E-state index in [1.165, 1.54) is 58.7 Å². The van der Waals surface area contributed by atoms with Gasteiger partial charge in [0, 0.05) is 50.1 Å². The minimum absolute atomic E-state index is 0.00180. The molecule has 74 heavy (non-hydrogen) atoms. The summed E-state index contributed by atoms with van der Waals surface area (Å²) >= 11 is 4.45. The summed E-state index contributed by atoms with van der Waals surface area (Å²) in [4.78, 5) is 58.2. The lowest BCUT2D eigenvalue weighted by atomic mass is 9.97. The van der Waals surface area contributed by atoms with E-state index >= 15 is 0 Å². The van der Waals surface area contributed by atoms with Crippen molar-refractivity contribution in [3.8, 4) is 22.3 Å². The van der Waals surface area contributed by atoms with Crippen LogP contribution in [0.2, 0.25) is 0 Å². The number of fused-ring (bicyclic) bond motifs is 7. The molecule has 2 aliphatic carbocycles. The molecule has 6 aromatic carbocycles. The van der Waals surface area contributed by atoms with E-state index in [0.29, 0.717) is 44.1 Å². The molecule has 16 heteroatoms. The fourth-order valence-electron chi connectivity index (χ4n) is 10.1. The first-order valence-electron chi connectivity index (χ1n) is 24.2. The number of methoxy groups -OCH3 is 2. The number of hydrogen-bond donors (Lipinski definition) is 0. The predicted octanol–water partition coefficient (Wildman–Crippen LogP) is 10.2. The summed E-state index contributed by atoms with van der Waals surface area (Å²) < 4.78 is 23.7. The molecule has 3 aliphatic heterocycles. The number of benzene rings is 6. The van der Waals surface area contributed by atoms with Gasteiger partial charge in [0.2, 0.25) is 0 Å². The molecule has 2 saturated heterocycles. The van der Waals surface area contributed by atoms with Crippen LogP contribution in [-0.2, 0) is 46.5 Å². The first-order valence-corrected chi connectivity index (χ1v) is 26.4. The molecule has 11 rings (SSSR count). The van der Waals surface area contributed by atoms with Gasteiger partial charge < -0.3 is 34.0 Å². The Hall–Kier alpha value is -6.61. The second-order valence-electron chi connectivity index (χ2n) is 18.2. The molecule has 2 fully saturated rings. The Morgan fingerprint density at radius 2 is 1.05 bits per heavy atom. The Bertz CT molecular complexity index is 2960. The molecule has 2 unspecified atom stereocenters. The van der Waals surface area contributed by atoms with Gasteiger partial charge in [-0.1, -0.05) is 133 Å². The fourth-order valence-corrected chi connectivity index (χ4v) is 10.8. The molecular formula is C58H54I2N4O10. The highest BCUT2D eigenvalue weighted by atomic mass is 127. The highest BCUT2D eigenvalue weighted by Gasteiger charge is 2.53. The minimum atomic E-state index is -0.643. The summed E-state index contributed by atoms with van der Waals surface area (Å²) in [5.74, 6) is -1.05. The summed E-state index contributed by atoms with van der Waals surface area (Å²) in [5, 5.41) is 12.9. The van der Waals surface area contributed by atoms with Crippen molar-refractivity contribution in [1.82, 2.24) is 14.9 Å². The molecule has 0 N–H and O–H groups in total. The standard InChI is InChI=1S/C29H27IN2O5.C19H17NO2.C10H10INO3/c1-35-28(33)27-24-15-31(16-26(24)37-32(27)14-18-10-12-19(30)13-11-18)29(34)36-17-25-22-8-4-2-6-20(22)21-7-3-5-9-23(21)25;21-19(20-11-5-6-12-20)22-13-18-16-9-3-1-7-14(16)15-8-2-4-10-17(15)18;1-15-10(13)7-12(14)6-8-2-4-9(11)5-3-8/h2-13,24-27H,14-17H2,1H3;1-10,18H,11-13H2;2-5,7H,6H2,1H3/b;;12-7-/t24-,26?,27?;;/m1../s1. The van der Waals surface area contributed by atoms with Crippen molar-refractivity contribution in [2.45, 2.75) is 37.1 Å². The van der Waals surface area contributed by atoms with Crippen LogP contribution >= 0.6 is 45.2 Å². The molecule has 2 amide bonds. The fraction of sp³-hybridized carbons (Fsp3) is 0.259. The maximum Gasteiger partial charge on any atom is 0.410 e. The Labute approximate surface area is 457 Å². The van der Waals surface area contributed by atoms with Gasteiger partial charge in [-0.25, -0.2) is 19.1 Å². The lowest BCUT2D eigenvalue weighted by Crippen LogP contribution is -2.43. The number of carbonyl (C=O) groups excluding carboxylic acids is 4. The number of esters is 2. The van der Waals surface area contributed by atoms with Gasteiger partial charge in [-0.05, 0) is 120 Å². The SMILES string of the molecule is COC(=O)/C=[N+](\[O-])Cc1ccc(I)cc1.COC(=O)C1[C@@H]2CN(C(=O)OCC3c4ccccc4-c4ccccc43)CC2ON1Cc1ccc(I)cc1.O=C(OCC1c2ccccc2-c2ccccc21)N1CC=CC1. The van der Waals surface area contributed by atoms with Crippen molar-refractivity contribution in [3.05, 3.63) is 203 Å². The van der Waals surface area contributed by atoms with Crippen molar-refractivity contribution >= 4 is 75.5 Å². The van der Waals surface area contributed by atoms with Gasteiger partial charge >= 0.3 is 24.1 Å². The van der Waals surface area contributed by atoms with E-state index in [2.05, 4.69) is 111 Å².